The summed E-state index contributed by atoms with van der Waals surface area (Å²) in [7, 11) is 0. The van der Waals surface area contributed by atoms with Crippen molar-refractivity contribution < 1.29 is 4.79 Å². The van der Waals surface area contributed by atoms with Crippen LogP contribution in [0.15, 0.2) is 52.9 Å². The SMILES string of the molecule is CC(C)=CCC/C(C)=C/C=N/NC(=O)c1ccncc1. The monoisotopic (exact) mass is 271 g/mol. The van der Waals surface area contributed by atoms with E-state index in [1.165, 1.54) is 11.1 Å². The van der Waals surface area contributed by atoms with Gasteiger partial charge in [0.25, 0.3) is 5.91 Å². The molecule has 1 N–H and O–H groups in total. The summed E-state index contributed by atoms with van der Waals surface area (Å²) in [6.45, 7) is 6.24. The van der Waals surface area contributed by atoms with Gasteiger partial charge in [0.05, 0.1) is 0 Å². The normalized spacial score (nSPS) is 11.4. The van der Waals surface area contributed by atoms with E-state index in [1.807, 2.05) is 6.08 Å². The Balaban J connectivity index is 2.37. The van der Waals surface area contributed by atoms with E-state index in [9.17, 15) is 4.79 Å². The summed E-state index contributed by atoms with van der Waals surface area (Å²) in [4.78, 5) is 15.5. The Morgan fingerprint density at radius 3 is 2.65 bits per heavy atom. The molecular formula is C16H21N3O. The third-order valence-corrected chi connectivity index (χ3v) is 2.63. The number of hydrogen-bond donors (Lipinski definition) is 1. The molecule has 0 aliphatic heterocycles. The van der Waals surface area contributed by atoms with Gasteiger partial charge in [-0.25, -0.2) is 5.43 Å². The molecule has 0 unspecified atom stereocenters. The van der Waals surface area contributed by atoms with Crippen molar-refractivity contribution in [1.82, 2.24) is 10.4 Å². The number of carbonyl (C=O) groups excluding carboxylic acids is 1. The number of amides is 1. The Hall–Kier alpha value is -2.23. The van der Waals surface area contributed by atoms with Gasteiger partial charge < -0.3 is 0 Å². The van der Waals surface area contributed by atoms with Gasteiger partial charge in [-0.3, -0.25) is 9.78 Å². The third kappa shape index (κ3) is 6.64. The molecule has 4 heteroatoms. The summed E-state index contributed by atoms with van der Waals surface area (Å²) < 4.78 is 0. The van der Waals surface area contributed by atoms with Crippen molar-refractivity contribution in [2.45, 2.75) is 33.6 Å². The molecule has 20 heavy (non-hydrogen) atoms. The smallest absolute Gasteiger partial charge is 0.267 e. The van der Waals surface area contributed by atoms with Crippen LogP contribution in [0.4, 0.5) is 0 Å². The van der Waals surface area contributed by atoms with Crippen LogP contribution in [0.5, 0.6) is 0 Å². The highest BCUT2D eigenvalue weighted by molar-refractivity contribution is 5.94. The van der Waals surface area contributed by atoms with Crippen molar-refractivity contribution >= 4 is 12.1 Å². The zero-order valence-electron chi connectivity index (χ0n) is 12.3. The standard InChI is InChI=1S/C16H21N3O/c1-13(2)5-4-6-14(3)7-12-18-19-16(20)15-8-10-17-11-9-15/h5,7-12H,4,6H2,1-3H3,(H,19,20)/b14-7+,18-12+. The second kappa shape index (κ2) is 8.80. The number of aromatic nitrogens is 1. The van der Waals surface area contributed by atoms with E-state index in [4.69, 9.17) is 0 Å². The van der Waals surface area contributed by atoms with Crippen molar-refractivity contribution in [3.8, 4) is 0 Å². The maximum atomic E-state index is 11.7. The van der Waals surface area contributed by atoms with Crippen LogP contribution in [-0.4, -0.2) is 17.1 Å². The maximum absolute atomic E-state index is 11.7. The molecule has 1 rings (SSSR count). The number of carbonyl (C=O) groups is 1. The molecule has 0 atom stereocenters. The van der Waals surface area contributed by atoms with E-state index in [2.05, 4.69) is 42.4 Å². The Bertz CT molecular complexity index is 512. The molecule has 0 saturated carbocycles. The third-order valence-electron chi connectivity index (χ3n) is 2.63. The Morgan fingerprint density at radius 2 is 2.00 bits per heavy atom. The molecule has 0 aliphatic carbocycles. The lowest BCUT2D eigenvalue weighted by molar-refractivity contribution is 0.0955. The molecule has 106 valence electrons. The van der Waals surface area contributed by atoms with Gasteiger partial charge in [-0.15, -0.1) is 0 Å². The Labute approximate surface area is 120 Å². The topological polar surface area (TPSA) is 54.4 Å². The van der Waals surface area contributed by atoms with Crippen LogP contribution < -0.4 is 5.43 Å². The van der Waals surface area contributed by atoms with E-state index >= 15 is 0 Å². The predicted octanol–water partition coefficient (Wildman–Crippen LogP) is 3.49. The number of nitrogens with one attached hydrogen (secondary N) is 1. The second-order valence-electron chi connectivity index (χ2n) is 4.79. The Kier molecular flexibility index (Phi) is 6.96. The van der Waals surface area contributed by atoms with Gasteiger partial charge in [-0.05, 0) is 51.8 Å². The number of nitrogens with zero attached hydrogens (tertiary/aromatic N) is 2. The summed E-state index contributed by atoms with van der Waals surface area (Å²) in [5, 5.41) is 3.89. The van der Waals surface area contributed by atoms with E-state index in [0.717, 1.165) is 12.8 Å². The highest BCUT2D eigenvalue weighted by atomic mass is 16.2. The Morgan fingerprint density at radius 1 is 1.30 bits per heavy atom. The molecule has 1 heterocycles. The molecule has 0 saturated heterocycles. The van der Waals surface area contributed by atoms with Crippen molar-refractivity contribution in [2.24, 2.45) is 5.10 Å². The first-order valence-corrected chi connectivity index (χ1v) is 6.62. The predicted molar refractivity (Wildman–Crippen MR) is 82.6 cm³/mol. The zero-order valence-corrected chi connectivity index (χ0v) is 12.3. The zero-order chi connectivity index (χ0) is 14.8. The molecule has 0 aliphatic rings. The quantitative estimate of drug-likeness (QED) is 0.489. The van der Waals surface area contributed by atoms with Gasteiger partial charge in [0, 0.05) is 24.2 Å². The first-order valence-electron chi connectivity index (χ1n) is 6.62. The van der Waals surface area contributed by atoms with Gasteiger partial charge in [-0.2, -0.15) is 5.10 Å². The van der Waals surface area contributed by atoms with Gasteiger partial charge in [0.1, 0.15) is 0 Å². The molecule has 1 aromatic rings. The summed E-state index contributed by atoms with van der Waals surface area (Å²) in [6, 6.07) is 3.29. The summed E-state index contributed by atoms with van der Waals surface area (Å²) in [5.74, 6) is -0.237. The molecule has 1 aromatic heterocycles. The van der Waals surface area contributed by atoms with Crippen LogP contribution in [0.3, 0.4) is 0 Å². The summed E-state index contributed by atoms with van der Waals surface area (Å²) in [6.07, 6.45) is 10.9. The number of pyridine rings is 1. The van der Waals surface area contributed by atoms with Gasteiger partial charge in [0.15, 0.2) is 0 Å². The van der Waals surface area contributed by atoms with Gasteiger partial charge in [0.2, 0.25) is 0 Å². The molecule has 0 fully saturated rings. The van der Waals surface area contributed by atoms with E-state index in [-0.39, 0.29) is 5.91 Å². The van der Waals surface area contributed by atoms with Crippen molar-refractivity contribution in [3.05, 3.63) is 53.4 Å². The van der Waals surface area contributed by atoms with Crippen LogP contribution in [0, 0.1) is 0 Å². The van der Waals surface area contributed by atoms with Gasteiger partial charge in [-0.1, -0.05) is 17.2 Å². The largest absolute Gasteiger partial charge is 0.271 e. The maximum Gasteiger partial charge on any atom is 0.271 e. The van der Waals surface area contributed by atoms with Crippen molar-refractivity contribution in [3.63, 3.8) is 0 Å². The highest BCUT2D eigenvalue weighted by Gasteiger charge is 2.01. The summed E-state index contributed by atoms with van der Waals surface area (Å²) in [5.41, 5.74) is 5.57. The van der Waals surface area contributed by atoms with Crippen LogP contribution >= 0.6 is 0 Å². The number of hydrogen-bond acceptors (Lipinski definition) is 3. The van der Waals surface area contributed by atoms with Crippen LogP contribution in [0.1, 0.15) is 44.0 Å². The average molecular weight is 271 g/mol. The molecule has 1 amide bonds. The van der Waals surface area contributed by atoms with Crippen LogP contribution in [0.25, 0.3) is 0 Å². The van der Waals surface area contributed by atoms with Crippen LogP contribution in [-0.2, 0) is 0 Å². The first kappa shape index (κ1) is 15.8. The molecular weight excluding hydrogens is 250 g/mol. The lowest BCUT2D eigenvalue weighted by atomic mass is 10.1. The lowest BCUT2D eigenvalue weighted by Crippen LogP contribution is -2.17. The molecule has 0 radical (unpaired) electrons. The average Bonchev–Trinajstić information content (AvgIpc) is 2.44. The van der Waals surface area contributed by atoms with Crippen molar-refractivity contribution in [2.75, 3.05) is 0 Å². The van der Waals surface area contributed by atoms with Gasteiger partial charge >= 0.3 is 0 Å². The molecule has 0 spiro atoms. The number of allylic oxidation sites excluding steroid dienone is 4. The number of hydrazone groups is 1. The van der Waals surface area contributed by atoms with E-state index in [1.54, 1.807) is 30.7 Å². The minimum Gasteiger partial charge on any atom is -0.267 e. The first-order chi connectivity index (χ1) is 9.59. The highest BCUT2D eigenvalue weighted by Crippen LogP contribution is 2.05. The molecule has 0 aromatic carbocycles. The summed E-state index contributed by atoms with van der Waals surface area (Å²) >= 11 is 0. The van der Waals surface area contributed by atoms with E-state index < -0.39 is 0 Å². The number of rotatable bonds is 6. The fourth-order valence-electron chi connectivity index (χ4n) is 1.50. The van der Waals surface area contributed by atoms with E-state index in [0.29, 0.717) is 5.56 Å². The molecule has 0 bridgehead atoms. The minimum absolute atomic E-state index is 0.237. The molecule has 4 nitrogen and oxygen atoms in total. The minimum atomic E-state index is -0.237. The fraction of sp³-hybridized carbons (Fsp3) is 0.312. The van der Waals surface area contributed by atoms with Crippen LogP contribution in [0.2, 0.25) is 0 Å². The lowest BCUT2D eigenvalue weighted by Gasteiger charge is -1.98. The second-order valence-corrected chi connectivity index (χ2v) is 4.79. The van der Waals surface area contributed by atoms with Crippen molar-refractivity contribution in [1.29, 1.82) is 0 Å². The fourth-order valence-corrected chi connectivity index (χ4v) is 1.50.